The number of carbonyl (C=O) groups is 1. The van der Waals surface area contributed by atoms with Crippen LogP contribution in [0.15, 0.2) is 48.5 Å². The second-order valence-electron chi connectivity index (χ2n) is 6.24. The molecular formula is C20H25N2O2+. The number of hydrogen-bond donors (Lipinski definition) is 2. The predicted octanol–water partition coefficient (Wildman–Crippen LogP) is 1.92. The van der Waals surface area contributed by atoms with Crippen LogP contribution < -0.4 is 10.2 Å². The molecule has 0 bridgehead atoms. The van der Waals surface area contributed by atoms with E-state index in [-0.39, 0.29) is 5.91 Å². The van der Waals surface area contributed by atoms with Gasteiger partial charge in [0.05, 0.1) is 13.2 Å². The summed E-state index contributed by atoms with van der Waals surface area (Å²) in [6, 6.07) is 15.9. The van der Waals surface area contributed by atoms with E-state index in [1.165, 1.54) is 16.0 Å². The van der Waals surface area contributed by atoms with Crippen molar-refractivity contribution >= 4 is 11.6 Å². The fourth-order valence-corrected chi connectivity index (χ4v) is 2.93. The number of ether oxygens (including phenoxy) is 1. The van der Waals surface area contributed by atoms with Crippen LogP contribution in [-0.2, 0) is 17.7 Å². The van der Waals surface area contributed by atoms with Crippen LogP contribution in [0.3, 0.4) is 0 Å². The molecule has 24 heavy (non-hydrogen) atoms. The number of hydrogen-bond acceptors (Lipinski definition) is 2. The van der Waals surface area contributed by atoms with Gasteiger partial charge in [-0.3, -0.25) is 4.79 Å². The van der Waals surface area contributed by atoms with Crippen LogP contribution in [0.1, 0.15) is 28.4 Å². The maximum Gasteiger partial charge on any atom is 0.255 e. The van der Waals surface area contributed by atoms with Gasteiger partial charge in [-0.05, 0) is 36.2 Å². The Morgan fingerprint density at radius 3 is 2.25 bits per heavy atom. The molecule has 0 aromatic heterocycles. The standard InChI is InChI=1S/C20H24N2O2/c1-2-16-5-9-19(10-6-16)21-20(23)18-7-3-17(4-8-18)15-22-11-13-24-14-12-22/h3-10H,2,11-15H2,1H3,(H,21,23)/p+1. The number of benzene rings is 2. The molecule has 2 aromatic rings. The molecule has 1 aliphatic rings. The molecule has 1 fully saturated rings. The number of anilines is 1. The average Bonchev–Trinajstić information content (AvgIpc) is 2.64. The normalized spacial score (nSPS) is 15.2. The number of rotatable bonds is 5. The van der Waals surface area contributed by atoms with E-state index < -0.39 is 0 Å². The monoisotopic (exact) mass is 325 g/mol. The van der Waals surface area contributed by atoms with Crippen molar-refractivity contribution in [2.24, 2.45) is 0 Å². The molecule has 0 unspecified atom stereocenters. The van der Waals surface area contributed by atoms with Crippen LogP contribution in [0.5, 0.6) is 0 Å². The first-order valence-electron chi connectivity index (χ1n) is 8.65. The number of amides is 1. The molecule has 1 amide bonds. The minimum Gasteiger partial charge on any atom is -0.370 e. The van der Waals surface area contributed by atoms with Crippen molar-refractivity contribution in [3.63, 3.8) is 0 Å². The fraction of sp³-hybridized carbons (Fsp3) is 0.350. The van der Waals surface area contributed by atoms with E-state index in [1.54, 1.807) is 0 Å². The molecule has 2 aromatic carbocycles. The molecule has 4 heteroatoms. The van der Waals surface area contributed by atoms with E-state index in [0.29, 0.717) is 5.56 Å². The van der Waals surface area contributed by atoms with E-state index in [9.17, 15) is 4.79 Å². The Kier molecular flexibility index (Phi) is 5.62. The highest BCUT2D eigenvalue weighted by atomic mass is 16.5. The molecular weight excluding hydrogens is 300 g/mol. The molecule has 126 valence electrons. The highest BCUT2D eigenvalue weighted by Crippen LogP contribution is 2.12. The topological polar surface area (TPSA) is 42.8 Å². The van der Waals surface area contributed by atoms with Gasteiger partial charge in [-0.2, -0.15) is 0 Å². The zero-order chi connectivity index (χ0) is 16.8. The Morgan fingerprint density at radius 2 is 1.62 bits per heavy atom. The maximum absolute atomic E-state index is 12.3. The van der Waals surface area contributed by atoms with Gasteiger partial charge >= 0.3 is 0 Å². The van der Waals surface area contributed by atoms with Crippen molar-refractivity contribution in [1.29, 1.82) is 0 Å². The zero-order valence-corrected chi connectivity index (χ0v) is 14.2. The van der Waals surface area contributed by atoms with Gasteiger partial charge in [0.25, 0.3) is 5.91 Å². The van der Waals surface area contributed by atoms with Gasteiger partial charge in [0.15, 0.2) is 0 Å². The quantitative estimate of drug-likeness (QED) is 0.882. The fourth-order valence-electron chi connectivity index (χ4n) is 2.93. The molecule has 0 spiro atoms. The second kappa shape index (κ2) is 8.08. The summed E-state index contributed by atoms with van der Waals surface area (Å²) < 4.78 is 5.39. The largest absolute Gasteiger partial charge is 0.370 e. The van der Waals surface area contributed by atoms with Gasteiger partial charge in [-0.15, -0.1) is 0 Å². The highest BCUT2D eigenvalue weighted by Gasteiger charge is 2.14. The molecule has 1 heterocycles. The SMILES string of the molecule is CCc1ccc(NC(=O)c2ccc(C[NH+]3CCOCC3)cc2)cc1. The van der Waals surface area contributed by atoms with Crippen LogP contribution in [0.4, 0.5) is 5.69 Å². The Labute approximate surface area is 143 Å². The summed E-state index contributed by atoms with van der Waals surface area (Å²) in [5.74, 6) is -0.0653. The predicted molar refractivity (Wildman–Crippen MR) is 95.4 cm³/mol. The summed E-state index contributed by atoms with van der Waals surface area (Å²) in [6.07, 6.45) is 1.00. The minimum absolute atomic E-state index is 0.0653. The van der Waals surface area contributed by atoms with Crippen LogP contribution in [-0.4, -0.2) is 32.2 Å². The van der Waals surface area contributed by atoms with Gasteiger partial charge in [0.2, 0.25) is 0 Å². The first kappa shape index (κ1) is 16.7. The molecule has 2 N–H and O–H groups in total. The molecule has 1 saturated heterocycles. The third-order valence-corrected chi connectivity index (χ3v) is 4.49. The minimum atomic E-state index is -0.0653. The lowest BCUT2D eigenvalue weighted by atomic mass is 10.1. The molecule has 0 saturated carbocycles. The van der Waals surface area contributed by atoms with Crippen molar-refractivity contribution in [1.82, 2.24) is 0 Å². The molecule has 0 atom stereocenters. The Hall–Kier alpha value is -2.17. The van der Waals surface area contributed by atoms with Gasteiger partial charge in [0, 0.05) is 16.8 Å². The first-order valence-corrected chi connectivity index (χ1v) is 8.65. The van der Waals surface area contributed by atoms with Crippen molar-refractivity contribution in [2.45, 2.75) is 19.9 Å². The van der Waals surface area contributed by atoms with E-state index >= 15 is 0 Å². The lowest BCUT2D eigenvalue weighted by molar-refractivity contribution is -0.921. The summed E-state index contributed by atoms with van der Waals surface area (Å²) in [7, 11) is 0. The molecule has 0 aliphatic carbocycles. The lowest BCUT2D eigenvalue weighted by Gasteiger charge is -2.23. The maximum atomic E-state index is 12.3. The number of aryl methyl sites for hydroxylation is 1. The van der Waals surface area contributed by atoms with Crippen LogP contribution >= 0.6 is 0 Å². The molecule has 0 radical (unpaired) electrons. The van der Waals surface area contributed by atoms with E-state index in [0.717, 1.165) is 45.0 Å². The third-order valence-electron chi connectivity index (χ3n) is 4.49. The number of morpholine rings is 1. The van der Waals surface area contributed by atoms with E-state index in [1.807, 2.05) is 36.4 Å². The molecule has 1 aliphatic heterocycles. The number of nitrogens with one attached hydrogen (secondary N) is 2. The van der Waals surface area contributed by atoms with Crippen LogP contribution in [0.25, 0.3) is 0 Å². The van der Waals surface area contributed by atoms with E-state index in [2.05, 4.69) is 24.4 Å². The number of carbonyl (C=O) groups excluding carboxylic acids is 1. The zero-order valence-electron chi connectivity index (χ0n) is 14.2. The summed E-state index contributed by atoms with van der Waals surface area (Å²) >= 11 is 0. The van der Waals surface area contributed by atoms with Crippen molar-refractivity contribution in [2.75, 3.05) is 31.6 Å². The number of quaternary nitrogens is 1. The van der Waals surface area contributed by atoms with Crippen LogP contribution in [0.2, 0.25) is 0 Å². The average molecular weight is 325 g/mol. The second-order valence-corrected chi connectivity index (χ2v) is 6.24. The van der Waals surface area contributed by atoms with Gasteiger partial charge < -0.3 is 15.0 Å². The summed E-state index contributed by atoms with van der Waals surface area (Å²) in [4.78, 5) is 13.9. The Bertz CT molecular complexity index is 659. The van der Waals surface area contributed by atoms with E-state index in [4.69, 9.17) is 4.74 Å². The van der Waals surface area contributed by atoms with Crippen molar-refractivity contribution < 1.29 is 14.4 Å². The smallest absolute Gasteiger partial charge is 0.255 e. The lowest BCUT2D eigenvalue weighted by Crippen LogP contribution is -3.12. The van der Waals surface area contributed by atoms with Gasteiger partial charge in [-0.1, -0.05) is 31.2 Å². The first-order chi connectivity index (χ1) is 11.7. The third kappa shape index (κ3) is 4.43. The van der Waals surface area contributed by atoms with Crippen molar-refractivity contribution in [3.8, 4) is 0 Å². The van der Waals surface area contributed by atoms with Gasteiger partial charge in [-0.25, -0.2) is 0 Å². The van der Waals surface area contributed by atoms with Crippen molar-refractivity contribution in [3.05, 3.63) is 65.2 Å². The molecule has 3 rings (SSSR count). The van der Waals surface area contributed by atoms with Crippen LogP contribution in [0, 0.1) is 0 Å². The Balaban J connectivity index is 1.58. The van der Waals surface area contributed by atoms with Gasteiger partial charge in [0.1, 0.15) is 19.6 Å². The summed E-state index contributed by atoms with van der Waals surface area (Å²) in [5.41, 5.74) is 4.05. The summed E-state index contributed by atoms with van der Waals surface area (Å²) in [6.45, 7) is 6.89. The molecule has 4 nitrogen and oxygen atoms in total. The Morgan fingerprint density at radius 1 is 1.00 bits per heavy atom. The summed E-state index contributed by atoms with van der Waals surface area (Å²) in [5, 5.41) is 2.95. The highest BCUT2D eigenvalue weighted by molar-refractivity contribution is 6.04.